The maximum Gasteiger partial charge on any atom is 0.272 e. The first-order valence-electron chi connectivity index (χ1n) is 8.35. The van der Waals surface area contributed by atoms with Crippen molar-refractivity contribution in [3.63, 3.8) is 0 Å². The van der Waals surface area contributed by atoms with Crippen LogP contribution in [0.3, 0.4) is 0 Å². The fourth-order valence-electron chi connectivity index (χ4n) is 2.78. The Labute approximate surface area is 155 Å². The molecule has 0 saturated carbocycles. The third kappa shape index (κ3) is 3.84. The molecule has 8 nitrogen and oxygen atoms in total. The Morgan fingerprint density at radius 3 is 2.74 bits per heavy atom. The number of fused-ring (bicyclic) bond motifs is 1. The Morgan fingerprint density at radius 2 is 2.04 bits per heavy atom. The van der Waals surface area contributed by atoms with Crippen molar-refractivity contribution in [1.82, 2.24) is 15.0 Å². The Morgan fingerprint density at radius 1 is 1.30 bits per heavy atom. The molecule has 0 unspecified atom stereocenters. The number of nitro benzene ring substituents is 1. The second-order valence-electron chi connectivity index (χ2n) is 6.24. The quantitative estimate of drug-likeness (QED) is 0.426. The topological polar surface area (TPSA) is 102 Å². The van der Waals surface area contributed by atoms with E-state index in [9.17, 15) is 14.9 Å². The SMILES string of the molecule is C/C(=N\NC(=O)Cc1nc2ccccc2n1C)c1ccc(C)c([N+](=O)[O-])c1. The van der Waals surface area contributed by atoms with Gasteiger partial charge in [-0.1, -0.05) is 24.3 Å². The molecule has 1 aromatic heterocycles. The minimum atomic E-state index is -0.434. The summed E-state index contributed by atoms with van der Waals surface area (Å²) in [5.74, 6) is 0.321. The van der Waals surface area contributed by atoms with Crippen LogP contribution in [0.15, 0.2) is 47.6 Å². The van der Waals surface area contributed by atoms with Gasteiger partial charge in [0, 0.05) is 24.2 Å². The van der Waals surface area contributed by atoms with Crippen molar-refractivity contribution in [3.05, 3.63) is 69.5 Å². The van der Waals surface area contributed by atoms with Crippen LogP contribution in [0.25, 0.3) is 11.0 Å². The van der Waals surface area contributed by atoms with Crippen molar-refractivity contribution in [2.75, 3.05) is 0 Å². The minimum Gasteiger partial charge on any atom is -0.331 e. The van der Waals surface area contributed by atoms with Crippen LogP contribution in [0.5, 0.6) is 0 Å². The first kappa shape index (κ1) is 18.2. The third-order valence-corrected chi connectivity index (χ3v) is 4.37. The van der Waals surface area contributed by atoms with Gasteiger partial charge in [-0.2, -0.15) is 5.10 Å². The molecule has 1 heterocycles. The molecule has 1 N–H and O–H groups in total. The number of nitro groups is 1. The average molecular weight is 365 g/mol. The average Bonchev–Trinajstić information content (AvgIpc) is 2.96. The van der Waals surface area contributed by atoms with Gasteiger partial charge in [-0.3, -0.25) is 14.9 Å². The molecule has 0 fully saturated rings. The highest BCUT2D eigenvalue weighted by Gasteiger charge is 2.13. The first-order valence-corrected chi connectivity index (χ1v) is 8.35. The Balaban J connectivity index is 1.73. The smallest absolute Gasteiger partial charge is 0.272 e. The Hall–Kier alpha value is -3.55. The van der Waals surface area contributed by atoms with Gasteiger partial charge in [0.2, 0.25) is 5.91 Å². The van der Waals surface area contributed by atoms with Crippen molar-refractivity contribution in [3.8, 4) is 0 Å². The van der Waals surface area contributed by atoms with Gasteiger partial charge in [0.15, 0.2) is 0 Å². The van der Waals surface area contributed by atoms with Gasteiger partial charge in [0.05, 0.1) is 28.1 Å². The van der Waals surface area contributed by atoms with Gasteiger partial charge in [-0.25, -0.2) is 10.4 Å². The number of nitrogens with zero attached hydrogens (tertiary/aromatic N) is 4. The van der Waals surface area contributed by atoms with Crippen molar-refractivity contribution in [1.29, 1.82) is 0 Å². The molecular weight excluding hydrogens is 346 g/mol. The molecule has 27 heavy (non-hydrogen) atoms. The number of amides is 1. The zero-order valence-electron chi connectivity index (χ0n) is 15.3. The summed E-state index contributed by atoms with van der Waals surface area (Å²) in [6.45, 7) is 3.36. The lowest BCUT2D eigenvalue weighted by molar-refractivity contribution is -0.385. The lowest BCUT2D eigenvalue weighted by Crippen LogP contribution is -2.22. The Kier molecular flexibility index (Phi) is 4.98. The standard InChI is InChI=1S/C19H19N5O3/c1-12-8-9-14(10-17(12)24(26)27)13(2)21-22-19(25)11-18-20-15-6-4-5-7-16(15)23(18)3/h4-10H,11H2,1-3H3,(H,22,25)/b21-13+. The summed E-state index contributed by atoms with van der Waals surface area (Å²) in [5.41, 5.74) is 5.92. The van der Waals surface area contributed by atoms with Crippen LogP contribution in [-0.2, 0) is 18.3 Å². The van der Waals surface area contributed by atoms with E-state index in [0.717, 1.165) is 11.0 Å². The van der Waals surface area contributed by atoms with E-state index in [-0.39, 0.29) is 18.0 Å². The predicted octanol–water partition coefficient (Wildman–Crippen LogP) is 2.87. The van der Waals surface area contributed by atoms with E-state index >= 15 is 0 Å². The molecule has 1 amide bonds. The molecule has 3 rings (SSSR count). The van der Waals surface area contributed by atoms with Crippen LogP contribution in [0.4, 0.5) is 5.69 Å². The molecule has 0 atom stereocenters. The van der Waals surface area contributed by atoms with Crippen LogP contribution in [-0.4, -0.2) is 26.1 Å². The number of carbonyl (C=O) groups is 1. The molecular formula is C19H19N5O3. The largest absolute Gasteiger partial charge is 0.331 e. The highest BCUT2D eigenvalue weighted by Crippen LogP contribution is 2.19. The van der Waals surface area contributed by atoms with Gasteiger partial charge < -0.3 is 4.57 Å². The highest BCUT2D eigenvalue weighted by atomic mass is 16.6. The van der Waals surface area contributed by atoms with Crippen molar-refractivity contribution in [2.45, 2.75) is 20.3 Å². The number of carbonyl (C=O) groups excluding carboxylic acids is 1. The van der Waals surface area contributed by atoms with E-state index in [1.54, 1.807) is 26.0 Å². The van der Waals surface area contributed by atoms with Crippen molar-refractivity contribution < 1.29 is 9.72 Å². The monoisotopic (exact) mass is 365 g/mol. The van der Waals surface area contributed by atoms with Gasteiger partial charge in [0.1, 0.15) is 5.82 Å². The van der Waals surface area contributed by atoms with Crippen LogP contribution in [0.1, 0.15) is 23.9 Å². The summed E-state index contributed by atoms with van der Waals surface area (Å²) in [6.07, 6.45) is 0.0794. The molecule has 3 aromatic rings. The molecule has 0 saturated heterocycles. The number of benzene rings is 2. The summed E-state index contributed by atoms with van der Waals surface area (Å²) in [6, 6.07) is 12.5. The molecule has 0 aliphatic carbocycles. The second-order valence-corrected chi connectivity index (χ2v) is 6.24. The van der Waals surface area contributed by atoms with Crippen molar-refractivity contribution in [2.24, 2.45) is 12.1 Å². The van der Waals surface area contributed by atoms with Crippen LogP contribution in [0.2, 0.25) is 0 Å². The normalized spacial score (nSPS) is 11.6. The lowest BCUT2D eigenvalue weighted by atomic mass is 10.1. The molecule has 138 valence electrons. The number of aryl methyl sites for hydroxylation is 2. The van der Waals surface area contributed by atoms with E-state index in [1.807, 2.05) is 35.9 Å². The molecule has 0 spiro atoms. The van der Waals surface area contributed by atoms with Crippen molar-refractivity contribution >= 4 is 28.3 Å². The summed E-state index contributed by atoms with van der Waals surface area (Å²) < 4.78 is 1.87. The number of nitrogens with one attached hydrogen (secondary N) is 1. The number of aromatic nitrogens is 2. The summed E-state index contributed by atoms with van der Waals surface area (Å²) in [4.78, 5) is 27.3. The van der Waals surface area contributed by atoms with Gasteiger partial charge in [-0.15, -0.1) is 0 Å². The summed E-state index contributed by atoms with van der Waals surface area (Å²) in [5, 5.41) is 15.1. The van der Waals surface area contributed by atoms with Crippen LogP contribution in [0, 0.1) is 17.0 Å². The van der Waals surface area contributed by atoms with E-state index in [2.05, 4.69) is 15.5 Å². The number of para-hydroxylation sites is 2. The number of hydrogen-bond donors (Lipinski definition) is 1. The first-order chi connectivity index (χ1) is 12.9. The number of hydrazone groups is 1. The highest BCUT2D eigenvalue weighted by molar-refractivity contribution is 6.00. The van der Waals surface area contributed by atoms with Gasteiger partial charge in [0.25, 0.3) is 5.69 Å². The number of rotatable bonds is 5. The van der Waals surface area contributed by atoms with E-state index in [1.165, 1.54) is 6.07 Å². The summed E-state index contributed by atoms with van der Waals surface area (Å²) >= 11 is 0. The number of hydrogen-bond acceptors (Lipinski definition) is 5. The molecule has 2 aromatic carbocycles. The molecule has 0 radical (unpaired) electrons. The van der Waals surface area contributed by atoms with Crippen LogP contribution >= 0.6 is 0 Å². The fourth-order valence-corrected chi connectivity index (χ4v) is 2.78. The number of imidazole rings is 1. The van der Waals surface area contributed by atoms with Gasteiger partial charge in [-0.05, 0) is 26.0 Å². The molecule has 0 aliphatic rings. The minimum absolute atomic E-state index is 0.0214. The maximum atomic E-state index is 12.2. The maximum absolute atomic E-state index is 12.2. The Bertz CT molecular complexity index is 1070. The fraction of sp³-hybridized carbons (Fsp3) is 0.211. The van der Waals surface area contributed by atoms with E-state index in [4.69, 9.17) is 0 Å². The summed E-state index contributed by atoms with van der Waals surface area (Å²) in [7, 11) is 1.86. The van der Waals surface area contributed by atoms with Crippen LogP contribution < -0.4 is 5.43 Å². The zero-order chi connectivity index (χ0) is 19.6. The zero-order valence-corrected chi connectivity index (χ0v) is 15.3. The van der Waals surface area contributed by atoms with E-state index < -0.39 is 4.92 Å². The lowest BCUT2D eigenvalue weighted by Gasteiger charge is -2.05. The van der Waals surface area contributed by atoms with E-state index in [0.29, 0.717) is 22.7 Å². The predicted molar refractivity (Wildman–Crippen MR) is 103 cm³/mol. The third-order valence-electron chi connectivity index (χ3n) is 4.37. The van der Waals surface area contributed by atoms with Gasteiger partial charge >= 0.3 is 0 Å². The molecule has 0 aliphatic heterocycles. The second kappa shape index (κ2) is 7.36. The molecule has 0 bridgehead atoms. The molecule has 8 heteroatoms.